The Labute approximate surface area is 85.8 Å². The van der Waals surface area contributed by atoms with Crippen LogP contribution in [-0.4, -0.2) is 16.5 Å². The second-order valence-corrected chi connectivity index (χ2v) is 3.53. The van der Waals surface area contributed by atoms with Gasteiger partial charge in [-0.15, -0.1) is 22.0 Å². The van der Waals surface area contributed by atoms with Crippen molar-refractivity contribution in [3.8, 4) is 6.07 Å². The van der Waals surface area contributed by atoms with Crippen molar-refractivity contribution in [3.63, 3.8) is 0 Å². The smallest absolute Gasteiger partial charge is 0.177 e. The van der Waals surface area contributed by atoms with E-state index in [9.17, 15) is 0 Å². The standard InChI is InChI=1S/C10H7N3S/c1-14-10-7-4-2-3-5-8(7)12-13-9(10)6-11/h2-5H,1H3. The van der Waals surface area contributed by atoms with Gasteiger partial charge in [0.2, 0.25) is 0 Å². The zero-order chi connectivity index (χ0) is 9.97. The molecule has 2 aromatic rings. The zero-order valence-electron chi connectivity index (χ0n) is 7.56. The van der Waals surface area contributed by atoms with E-state index in [-0.39, 0.29) is 0 Å². The molecule has 0 aliphatic rings. The van der Waals surface area contributed by atoms with Gasteiger partial charge in [0.1, 0.15) is 6.07 Å². The predicted octanol–water partition coefficient (Wildman–Crippen LogP) is 2.22. The van der Waals surface area contributed by atoms with Gasteiger partial charge in [-0.2, -0.15) is 5.26 Å². The lowest BCUT2D eigenvalue weighted by molar-refractivity contribution is 1.02. The molecular weight excluding hydrogens is 194 g/mol. The Hall–Kier alpha value is -1.60. The van der Waals surface area contributed by atoms with Crippen LogP contribution in [0.3, 0.4) is 0 Å². The SMILES string of the molecule is CSc1c(C#N)nnc2ccccc12. The molecule has 1 aromatic carbocycles. The average molecular weight is 201 g/mol. The van der Waals surface area contributed by atoms with Crippen molar-refractivity contribution in [2.75, 3.05) is 6.26 Å². The lowest BCUT2D eigenvalue weighted by Crippen LogP contribution is -1.92. The summed E-state index contributed by atoms with van der Waals surface area (Å²) in [5, 5.41) is 17.7. The number of benzene rings is 1. The fourth-order valence-corrected chi connectivity index (χ4v) is 1.98. The van der Waals surface area contributed by atoms with E-state index in [2.05, 4.69) is 10.2 Å². The Morgan fingerprint density at radius 1 is 1.29 bits per heavy atom. The van der Waals surface area contributed by atoms with Gasteiger partial charge in [0.15, 0.2) is 5.69 Å². The summed E-state index contributed by atoms with van der Waals surface area (Å²) in [7, 11) is 0. The molecule has 0 saturated carbocycles. The van der Waals surface area contributed by atoms with E-state index < -0.39 is 0 Å². The molecule has 0 aliphatic heterocycles. The summed E-state index contributed by atoms with van der Waals surface area (Å²) >= 11 is 1.52. The third kappa shape index (κ3) is 1.32. The lowest BCUT2D eigenvalue weighted by Gasteiger charge is -2.02. The second-order valence-electron chi connectivity index (χ2n) is 2.71. The van der Waals surface area contributed by atoms with Gasteiger partial charge in [-0.25, -0.2) is 0 Å². The molecule has 0 fully saturated rings. The quantitative estimate of drug-likeness (QED) is 0.664. The molecule has 0 N–H and O–H groups in total. The fourth-order valence-electron chi connectivity index (χ4n) is 1.31. The van der Waals surface area contributed by atoms with Gasteiger partial charge in [0.05, 0.1) is 10.4 Å². The van der Waals surface area contributed by atoms with Gasteiger partial charge in [0.25, 0.3) is 0 Å². The van der Waals surface area contributed by atoms with E-state index in [1.807, 2.05) is 36.6 Å². The molecule has 0 unspecified atom stereocenters. The molecule has 0 radical (unpaired) electrons. The fraction of sp³-hybridized carbons (Fsp3) is 0.100. The summed E-state index contributed by atoms with van der Waals surface area (Å²) in [4.78, 5) is 0.901. The molecule has 68 valence electrons. The molecule has 0 aliphatic carbocycles. The number of hydrogen-bond acceptors (Lipinski definition) is 4. The monoisotopic (exact) mass is 201 g/mol. The molecule has 4 heteroatoms. The number of nitrogens with zero attached hydrogens (tertiary/aromatic N) is 3. The van der Waals surface area contributed by atoms with Crippen molar-refractivity contribution in [2.45, 2.75) is 4.90 Å². The minimum Gasteiger partial charge on any atom is -0.191 e. The van der Waals surface area contributed by atoms with Crippen molar-refractivity contribution in [1.82, 2.24) is 10.2 Å². The average Bonchev–Trinajstić information content (AvgIpc) is 2.27. The van der Waals surface area contributed by atoms with Crippen LogP contribution < -0.4 is 0 Å². The summed E-state index contributed by atoms with van der Waals surface area (Å²) in [6, 6.07) is 9.74. The van der Waals surface area contributed by atoms with E-state index in [0.717, 1.165) is 15.8 Å². The molecular formula is C10H7N3S. The highest BCUT2D eigenvalue weighted by Crippen LogP contribution is 2.26. The predicted molar refractivity (Wildman–Crippen MR) is 56.0 cm³/mol. The van der Waals surface area contributed by atoms with Gasteiger partial charge in [-0.05, 0) is 12.3 Å². The zero-order valence-corrected chi connectivity index (χ0v) is 8.38. The van der Waals surface area contributed by atoms with Crippen LogP contribution in [0.25, 0.3) is 10.9 Å². The highest BCUT2D eigenvalue weighted by Gasteiger charge is 2.07. The van der Waals surface area contributed by atoms with E-state index in [1.54, 1.807) is 0 Å². The maximum absolute atomic E-state index is 8.84. The largest absolute Gasteiger partial charge is 0.191 e. The Bertz CT molecular complexity index is 516. The first kappa shape index (κ1) is 8.97. The first-order chi connectivity index (χ1) is 6.86. The summed E-state index contributed by atoms with van der Waals surface area (Å²) < 4.78 is 0. The van der Waals surface area contributed by atoms with Crippen LogP contribution in [-0.2, 0) is 0 Å². The van der Waals surface area contributed by atoms with Gasteiger partial charge in [0, 0.05) is 5.39 Å². The van der Waals surface area contributed by atoms with Crippen molar-refractivity contribution in [3.05, 3.63) is 30.0 Å². The van der Waals surface area contributed by atoms with Crippen LogP contribution in [0.4, 0.5) is 0 Å². The molecule has 0 saturated heterocycles. The number of hydrogen-bond donors (Lipinski definition) is 0. The van der Waals surface area contributed by atoms with Crippen LogP contribution in [0.1, 0.15) is 5.69 Å². The third-order valence-electron chi connectivity index (χ3n) is 1.93. The van der Waals surface area contributed by atoms with Gasteiger partial charge < -0.3 is 0 Å². The van der Waals surface area contributed by atoms with E-state index in [0.29, 0.717) is 5.69 Å². The molecule has 1 heterocycles. The summed E-state index contributed by atoms with van der Waals surface area (Å²) in [5.74, 6) is 0. The summed E-state index contributed by atoms with van der Waals surface area (Å²) in [6.45, 7) is 0. The molecule has 0 atom stereocenters. The van der Waals surface area contributed by atoms with Gasteiger partial charge >= 0.3 is 0 Å². The van der Waals surface area contributed by atoms with Crippen molar-refractivity contribution < 1.29 is 0 Å². The van der Waals surface area contributed by atoms with Crippen molar-refractivity contribution in [2.24, 2.45) is 0 Å². The van der Waals surface area contributed by atoms with Crippen LogP contribution in [0.15, 0.2) is 29.2 Å². The van der Waals surface area contributed by atoms with Gasteiger partial charge in [-0.3, -0.25) is 0 Å². The number of rotatable bonds is 1. The minimum atomic E-state index is 0.399. The van der Waals surface area contributed by atoms with Crippen LogP contribution in [0.5, 0.6) is 0 Å². The highest BCUT2D eigenvalue weighted by molar-refractivity contribution is 7.98. The van der Waals surface area contributed by atoms with Crippen LogP contribution in [0, 0.1) is 11.3 Å². The number of thioether (sulfide) groups is 1. The summed E-state index contributed by atoms with van der Waals surface area (Å²) in [5.41, 5.74) is 1.23. The van der Waals surface area contributed by atoms with E-state index in [1.165, 1.54) is 11.8 Å². The Morgan fingerprint density at radius 3 is 2.79 bits per heavy atom. The molecule has 0 bridgehead atoms. The maximum Gasteiger partial charge on any atom is 0.177 e. The molecule has 1 aromatic heterocycles. The molecule has 3 nitrogen and oxygen atoms in total. The van der Waals surface area contributed by atoms with Crippen molar-refractivity contribution in [1.29, 1.82) is 5.26 Å². The summed E-state index contributed by atoms with van der Waals surface area (Å²) in [6.07, 6.45) is 1.93. The number of fused-ring (bicyclic) bond motifs is 1. The Kier molecular flexibility index (Phi) is 2.33. The minimum absolute atomic E-state index is 0.399. The van der Waals surface area contributed by atoms with E-state index in [4.69, 9.17) is 5.26 Å². The van der Waals surface area contributed by atoms with Gasteiger partial charge in [-0.1, -0.05) is 18.2 Å². The molecule has 0 amide bonds. The van der Waals surface area contributed by atoms with Crippen molar-refractivity contribution >= 4 is 22.7 Å². The Morgan fingerprint density at radius 2 is 2.07 bits per heavy atom. The van der Waals surface area contributed by atoms with Crippen LogP contribution >= 0.6 is 11.8 Å². The lowest BCUT2D eigenvalue weighted by atomic mass is 10.2. The molecule has 2 rings (SSSR count). The van der Waals surface area contributed by atoms with Crippen LogP contribution in [0.2, 0.25) is 0 Å². The highest BCUT2D eigenvalue weighted by atomic mass is 32.2. The second kappa shape index (κ2) is 3.64. The maximum atomic E-state index is 8.84. The Balaban J connectivity index is 2.85. The third-order valence-corrected chi connectivity index (χ3v) is 2.75. The normalized spacial score (nSPS) is 10.0. The first-order valence-corrected chi connectivity index (χ1v) is 5.29. The molecule has 0 spiro atoms. The number of nitriles is 1. The molecule has 14 heavy (non-hydrogen) atoms. The van der Waals surface area contributed by atoms with E-state index >= 15 is 0 Å². The topological polar surface area (TPSA) is 49.6 Å². The number of aromatic nitrogens is 2. The first-order valence-electron chi connectivity index (χ1n) is 4.06.